The van der Waals surface area contributed by atoms with Crippen molar-refractivity contribution in [3.8, 4) is 22.8 Å². The third-order valence-corrected chi connectivity index (χ3v) is 10.5. The molecule has 0 atom stereocenters. The zero-order valence-electron chi connectivity index (χ0n) is 29.3. The van der Waals surface area contributed by atoms with Gasteiger partial charge in [0, 0.05) is 36.0 Å². The summed E-state index contributed by atoms with van der Waals surface area (Å²) in [7, 11) is 0.765. The predicted molar refractivity (Wildman–Crippen MR) is 201 cm³/mol. The van der Waals surface area contributed by atoms with E-state index in [0.29, 0.717) is 22.3 Å². The number of rotatable bonds is 10. The van der Waals surface area contributed by atoms with Crippen LogP contribution in [0.25, 0.3) is 33.1 Å². The highest BCUT2D eigenvalue weighted by Crippen LogP contribution is 2.35. The predicted octanol–water partition coefficient (Wildman–Crippen LogP) is 6.32. The molecule has 7 rings (SSSR count). The Morgan fingerprint density at radius 2 is 1.62 bits per heavy atom. The van der Waals surface area contributed by atoms with Gasteiger partial charge >= 0.3 is 5.97 Å². The Balaban J connectivity index is 1.18. The van der Waals surface area contributed by atoms with Gasteiger partial charge in [0.25, 0.3) is 5.91 Å². The van der Waals surface area contributed by atoms with Gasteiger partial charge in [0.1, 0.15) is 5.69 Å². The number of pyridine rings is 1. The van der Waals surface area contributed by atoms with E-state index in [1.54, 1.807) is 38.5 Å². The van der Waals surface area contributed by atoms with Crippen molar-refractivity contribution in [1.29, 1.82) is 0 Å². The molecule has 0 spiro atoms. The van der Waals surface area contributed by atoms with Gasteiger partial charge in [-0.3, -0.25) is 9.69 Å². The first-order chi connectivity index (χ1) is 25.1. The number of amides is 1. The number of ether oxygens (including phenoxy) is 3. The number of carbonyl (C=O) groups excluding carboxylic acids is 2. The summed E-state index contributed by atoms with van der Waals surface area (Å²) in [5.74, 6) is 0.272. The number of hydrogen-bond donors (Lipinski definition) is 1. The molecule has 0 aliphatic carbocycles. The molecule has 3 heterocycles. The van der Waals surface area contributed by atoms with Gasteiger partial charge in [-0.1, -0.05) is 36.4 Å². The maximum Gasteiger partial charge on any atom is 0.339 e. The average molecular weight is 719 g/mol. The number of aromatic nitrogens is 2. The second-order valence-corrected chi connectivity index (χ2v) is 14.6. The van der Waals surface area contributed by atoms with E-state index in [1.165, 1.54) is 28.3 Å². The SMILES string of the molecule is COC(=O)c1ccc(-c2cc3cc(CCN4CCc5cc(OC)c(OC)cc5C4)ccc3n2S(C)(=O)=O)cc1NC(=O)c1ccc2ccccc2n1. The Kier molecular flexibility index (Phi) is 9.43. The smallest absolute Gasteiger partial charge is 0.339 e. The molecule has 4 aromatic carbocycles. The van der Waals surface area contributed by atoms with Crippen molar-refractivity contribution >= 4 is 49.4 Å². The standard InChI is InChI=1S/C40H38N4O7S/c1-49-37-22-27-16-18-43(24-30(27)23-38(37)50-2)17-15-25-9-14-35-29(19-25)21-36(44(35)52(4,47)48)28-10-12-31(40(46)51-3)34(20-28)42-39(45)33-13-11-26-7-5-6-8-32(26)41-33/h5-14,19-23H,15-18,24H2,1-4H3,(H,42,45). The summed E-state index contributed by atoms with van der Waals surface area (Å²) in [6.07, 6.45) is 2.83. The van der Waals surface area contributed by atoms with Gasteiger partial charge in [-0.25, -0.2) is 22.2 Å². The van der Waals surface area contributed by atoms with Crippen molar-refractivity contribution in [2.75, 3.05) is 46.0 Å². The molecular formula is C40H38N4O7S. The van der Waals surface area contributed by atoms with Crippen LogP contribution in [0.2, 0.25) is 0 Å². The van der Waals surface area contributed by atoms with Crippen LogP contribution in [-0.4, -0.2) is 74.8 Å². The lowest BCUT2D eigenvalue weighted by atomic mass is 9.98. The van der Waals surface area contributed by atoms with Crippen LogP contribution in [0.15, 0.2) is 91.0 Å². The van der Waals surface area contributed by atoms with Gasteiger partial charge in [-0.15, -0.1) is 0 Å². The van der Waals surface area contributed by atoms with E-state index in [9.17, 15) is 18.0 Å². The number of anilines is 1. The van der Waals surface area contributed by atoms with Crippen molar-refractivity contribution in [3.05, 3.63) is 119 Å². The molecule has 0 fully saturated rings. The Bertz CT molecular complexity index is 2470. The maximum atomic E-state index is 13.4. The highest BCUT2D eigenvalue weighted by molar-refractivity contribution is 7.89. The number of para-hydroxylation sites is 1. The summed E-state index contributed by atoms with van der Waals surface area (Å²) in [6, 6.07) is 27.3. The van der Waals surface area contributed by atoms with Crippen LogP contribution >= 0.6 is 0 Å². The summed E-state index contributed by atoms with van der Waals surface area (Å²) in [6.45, 7) is 2.53. The molecule has 0 radical (unpaired) electrons. The van der Waals surface area contributed by atoms with Crippen LogP contribution in [0.5, 0.6) is 11.5 Å². The second kappa shape index (κ2) is 14.1. The molecule has 2 aromatic heterocycles. The first kappa shape index (κ1) is 34.7. The van der Waals surface area contributed by atoms with E-state index in [-0.39, 0.29) is 16.9 Å². The number of hydrogen-bond acceptors (Lipinski definition) is 9. The van der Waals surface area contributed by atoms with Crippen LogP contribution in [0.4, 0.5) is 5.69 Å². The largest absolute Gasteiger partial charge is 0.493 e. The summed E-state index contributed by atoms with van der Waals surface area (Å²) in [4.78, 5) is 33.1. The summed E-state index contributed by atoms with van der Waals surface area (Å²) < 4.78 is 43.8. The number of carbonyl (C=O) groups is 2. The van der Waals surface area contributed by atoms with Crippen LogP contribution in [0.1, 0.15) is 37.5 Å². The Morgan fingerprint density at radius 3 is 2.37 bits per heavy atom. The summed E-state index contributed by atoms with van der Waals surface area (Å²) in [5, 5.41) is 4.44. The normalized spacial score (nSPS) is 13.2. The minimum Gasteiger partial charge on any atom is -0.493 e. The maximum absolute atomic E-state index is 13.4. The number of benzene rings is 4. The third kappa shape index (κ3) is 6.82. The van der Waals surface area contributed by atoms with Gasteiger partial charge < -0.3 is 19.5 Å². The molecule has 52 heavy (non-hydrogen) atoms. The third-order valence-electron chi connectivity index (χ3n) is 9.47. The number of esters is 1. The zero-order chi connectivity index (χ0) is 36.6. The molecule has 266 valence electrons. The highest BCUT2D eigenvalue weighted by Gasteiger charge is 2.23. The van der Waals surface area contributed by atoms with E-state index in [4.69, 9.17) is 14.2 Å². The zero-order valence-corrected chi connectivity index (χ0v) is 30.1. The summed E-state index contributed by atoms with van der Waals surface area (Å²) >= 11 is 0. The first-order valence-electron chi connectivity index (χ1n) is 16.8. The lowest BCUT2D eigenvalue weighted by Gasteiger charge is -2.29. The van der Waals surface area contributed by atoms with E-state index in [1.807, 2.05) is 48.5 Å². The number of fused-ring (bicyclic) bond motifs is 3. The average Bonchev–Trinajstić information content (AvgIpc) is 3.55. The molecule has 0 saturated heterocycles. The Hall–Kier alpha value is -5.72. The van der Waals surface area contributed by atoms with Crippen LogP contribution in [0.3, 0.4) is 0 Å². The molecule has 1 aliphatic heterocycles. The van der Waals surface area contributed by atoms with E-state index in [2.05, 4.69) is 27.3 Å². The fourth-order valence-electron chi connectivity index (χ4n) is 6.85. The number of nitrogens with one attached hydrogen (secondary N) is 1. The number of methoxy groups -OCH3 is 3. The van der Waals surface area contributed by atoms with Crippen molar-refractivity contribution in [2.24, 2.45) is 0 Å². The molecule has 0 unspecified atom stereocenters. The highest BCUT2D eigenvalue weighted by atomic mass is 32.2. The topological polar surface area (TPSA) is 129 Å². The van der Waals surface area contributed by atoms with E-state index < -0.39 is 21.9 Å². The first-order valence-corrected chi connectivity index (χ1v) is 18.6. The van der Waals surface area contributed by atoms with Gasteiger partial charge in [0.05, 0.1) is 55.6 Å². The van der Waals surface area contributed by atoms with Crippen molar-refractivity contribution < 1.29 is 32.2 Å². The Labute approximate surface area is 301 Å². The minimum atomic E-state index is -3.78. The van der Waals surface area contributed by atoms with Crippen LogP contribution in [-0.2, 0) is 34.1 Å². The second-order valence-electron chi connectivity index (χ2n) is 12.8. The fourth-order valence-corrected chi connectivity index (χ4v) is 7.89. The molecule has 1 aliphatic rings. The molecule has 12 heteroatoms. The Morgan fingerprint density at radius 1 is 0.846 bits per heavy atom. The van der Waals surface area contributed by atoms with Crippen LogP contribution < -0.4 is 14.8 Å². The lowest BCUT2D eigenvalue weighted by molar-refractivity contribution is 0.0602. The quantitative estimate of drug-likeness (QED) is 0.162. The summed E-state index contributed by atoms with van der Waals surface area (Å²) in [5.41, 5.74) is 6.03. The van der Waals surface area contributed by atoms with Gasteiger partial charge in [-0.05, 0) is 84.1 Å². The molecule has 0 bridgehead atoms. The monoisotopic (exact) mass is 718 g/mol. The van der Waals surface area contributed by atoms with Gasteiger partial charge in [0.2, 0.25) is 10.0 Å². The van der Waals surface area contributed by atoms with Crippen molar-refractivity contribution in [2.45, 2.75) is 19.4 Å². The molecule has 1 N–H and O–H groups in total. The molecule has 0 saturated carbocycles. The minimum absolute atomic E-state index is 0.114. The van der Waals surface area contributed by atoms with E-state index >= 15 is 0 Å². The lowest BCUT2D eigenvalue weighted by Crippen LogP contribution is -2.32. The van der Waals surface area contributed by atoms with Crippen molar-refractivity contribution in [1.82, 2.24) is 13.9 Å². The van der Waals surface area contributed by atoms with Gasteiger partial charge in [0.15, 0.2) is 11.5 Å². The molecule has 11 nitrogen and oxygen atoms in total. The van der Waals surface area contributed by atoms with Crippen LogP contribution in [0, 0.1) is 0 Å². The van der Waals surface area contributed by atoms with E-state index in [0.717, 1.165) is 66.6 Å². The molecule has 1 amide bonds. The molecular weight excluding hydrogens is 681 g/mol. The number of nitrogens with zero attached hydrogens (tertiary/aromatic N) is 3. The van der Waals surface area contributed by atoms with Crippen molar-refractivity contribution in [3.63, 3.8) is 0 Å². The fraction of sp³-hybridized carbons (Fsp3) is 0.225. The van der Waals surface area contributed by atoms with Gasteiger partial charge in [-0.2, -0.15) is 0 Å². The molecule has 6 aromatic rings.